The maximum absolute atomic E-state index is 12.3. The van der Waals surface area contributed by atoms with E-state index in [4.69, 9.17) is 0 Å². The van der Waals surface area contributed by atoms with Crippen LogP contribution in [0, 0.1) is 0 Å². The molecule has 2 heterocycles. The summed E-state index contributed by atoms with van der Waals surface area (Å²) in [7, 11) is 1.63. The van der Waals surface area contributed by atoms with Crippen molar-refractivity contribution >= 4 is 11.8 Å². The SMILES string of the molecule is Cn1ccnc(NC(=O)N2CCC(c3ccccc3)C2)c1=O. The molecule has 0 aliphatic carbocycles. The van der Waals surface area contributed by atoms with Crippen molar-refractivity contribution in [2.24, 2.45) is 7.05 Å². The van der Waals surface area contributed by atoms with Crippen molar-refractivity contribution in [3.8, 4) is 0 Å². The van der Waals surface area contributed by atoms with Crippen LogP contribution in [0.1, 0.15) is 17.9 Å². The van der Waals surface area contributed by atoms with Gasteiger partial charge in [0, 0.05) is 38.4 Å². The van der Waals surface area contributed by atoms with Crippen molar-refractivity contribution in [3.63, 3.8) is 0 Å². The van der Waals surface area contributed by atoms with Gasteiger partial charge in [-0.05, 0) is 12.0 Å². The lowest BCUT2D eigenvalue weighted by molar-refractivity contribution is 0.222. The molecule has 0 bridgehead atoms. The van der Waals surface area contributed by atoms with E-state index in [9.17, 15) is 9.59 Å². The van der Waals surface area contributed by atoms with E-state index < -0.39 is 0 Å². The van der Waals surface area contributed by atoms with Crippen LogP contribution in [0.4, 0.5) is 10.6 Å². The summed E-state index contributed by atoms with van der Waals surface area (Å²) >= 11 is 0. The second-order valence-electron chi connectivity index (χ2n) is 5.46. The molecule has 1 atom stereocenters. The van der Waals surface area contributed by atoms with Crippen LogP contribution in [-0.4, -0.2) is 33.6 Å². The molecule has 2 aromatic rings. The predicted octanol–water partition coefficient (Wildman–Crippen LogP) is 1.80. The van der Waals surface area contributed by atoms with Crippen molar-refractivity contribution in [2.75, 3.05) is 18.4 Å². The molecule has 114 valence electrons. The molecular formula is C16H18N4O2. The fourth-order valence-electron chi connectivity index (χ4n) is 2.71. The number of hydrogen-bond acceptors (Lipinski definition) is 3. The molecular weight excluding hydrogens is 280 g/mol. The van der Waals surface area contributed by atoms with Crippen LogP contribution in [0.3, 0.4) is 0 Å². The number of carbonyl (C=O) groups excluding carboxylic acids is 1. The first-order valence-corrected chi connectivity index (χ1v) is 7.27. The Labute approximate surface area is 128 Å². The molecule has 6 heteroatoms. The summed E-state index contributed by atoms with van der Waals surface area (Å²) in [6, 6.07) is 9.90. The molecule has 0 radical (unpaired) electrons. The molecule has 1 aliphatic rings. The number of urea groups is 1. The van der Waals surface area contributed by atoms with Gasteiger partial charge in [-0.2, -0.15) is 0 Å². The fourth-order valence-corrected chi connectivity index (χ4v) is 2.71. The average Bonchev–Trinajstić information content (AvgIpc) is 3.03. The maximum Gasteiger partial charge on any atom is 0.323 e. The van der Waals surface area contributed by atoms with E-state index in [1.54, 1.807) is 18.1 Å². The van der Waals surface area contributed by atoms with Gasteiger partial charge in [-0.25, -0.2) is 9.78 Å². The monoisotopic (exact) mass is 298 g/mol. The van der Waals surface area contributed by atoms with Gasteiger partial charge in [0.1, 0.15) is 0 Å². The van der Waals surface area contributed by atoms with Gasteiger partial charge < -0.3 is 9.47 Å². The first kappa shape index (κ1) is 14.3. The molecule has 6 nitrogen and oxygen atoms in total. The third-order valence-electron chi connectivity index (χ3n) is 3.99. The Morgan fingerprint density at radius 3 is 2.86 bits per heavy atom. The van der Waals surface area contributed by atoms with Crippen LogP contribution in [-0.2, 0) is 7.05 Å². The zero-order valence-electron chi connectivity index (χ0n) is 12.4. The lowest BCUT2D eigenvalue weighted by atomic mass is 9.99. The largest absolute Gasteiger partial charge is 0.324 e. The quantitative estimate of drug-likeness (QED) is 0.919. The maximum atomic E-state index is 12.3. The fraction of sp³-hybridized carbons (Fsp3) is 0.312. The molecule has 22 heavy (non-hydrogen) atoms. The summed E-state index contributed by atoms with van der Waals surface area (Å²) in [5.41, 5.74) is 0.932. The Kier molecular flexibility index (Phi) is 3.91. The summed E-state index contributed by atoms with van der Waals surface area (Å²) in [6.45, 7) is 1.33. The normalized spacial score (nSPS) is 17.5. The lowest BCUT2D eigenvalue weighted by Gasteiger charge is -2.17. The third kappa shape index (κ3) is 2.86. The first-order valence-electron chi connectivity index (χ1n) is 7.27. The number of anilines is 1. The number of amides is 2. The zero-order valence-corrected chi connectivity index (χ0v) is 12.4. The van der Waals surface area contributed by atoms with Crippen LogP contribution >= 0.6 is 0 Å². The van der Waals surface area contributed by atoms with E-state index in [1.165, 1.54) is 16.3 Å². The molecule has 1 saturated heterocycles. The number of likely N-dealkylation sites (tertiary alicyclic amines) is 1. The number of aromatic nitrogens is 2. The number of rotatable bonds is 2. The highest BCUT2D eigenvalue weighted by atomic mass is 16.2. The van der Waals surface area contributed by atoms with Crippen molar-refractivity contribution in [1.82, 2.24) is 14.5 Å². The number of hydrogen-bond donors (Lipinski definition) is 1. The van der Waals surface area contributed by atoms with Gasteiger partial charge in [0.05, 0.1) is 0 Å². The van der Waals surface area contributed by atoms with Crippen molar-refractivity contribution in [1.29, 1.82) is 0 Å². The summed E-state index contributed by atoms with van der Waals surface area (Å²) in [5, 5.41) is 2.61. The number of nitrogens with one attached hydrogen (secondary N) is 1. The number of nitrogens with zero attached hydrogens (tertiary/aromatic N) is 3. The molecule has 1 aliphatic heterocycles. The Bertz CT molecular complexity index is 726. The average molecular weight is 298 g/mol. The minimum atomic E-state index is -0.311. The van der Waals surface area contributed by atoms with E-state index in [2.05, 4.69) is 22.4 Å². The van der Waals surface area contributed by atoms with Gasteiger partial charge >= 0.3 is 6.03 Å². The molecule has 1 N–H and O–H groups in total. The smallest absolute Gasteiger partial charge is 0.323 e. The first-order chi connectivity index (χ1) is 10.6. The summed E-state index contributed by atoms with van der Waals surface area (Å²) in [5.74, 6) is 0.414. The van der Waals surface area contributed by atoms with Gasteiger partial charge in [0.25, 0.3) is 5.56 Å². The Morgan fingerprint density at radius 1 is 1.32 bits per heavy atom. The van der Waals surface area contributed by atoms with Crippen LogP contribution in [0.2, 0.25) is 0 Å². The zero-order chi connectivity index (χ0) is 15.5. The van der Waals surface area contributed by atoms with E-state index in [1.807, 2.05) is 18.2 Å². The van der Waals surface area contributed by atoms with E-state index >= 15 is 0 Å². The van der Waals surface area contributed by atoms with Crippen LogP contribution < -0.4 is 10.9 Å². The van der Waals surface area contributed by atoms with Gasteiger partial charge in [-0.1, -0.05) is 30.3 Å². The molecule has 1 aromatic heterocycles. The standard InChI is InChI=1S/C16H18N4O2/c1-19-10-8-17-14(15(19)21)18-16(22)20-9-7-13(11-20)12-5-3-2-4-6-12/h2-6,8,10,13H,7,9,11H2,1H3,(H,17,18,22). The van der Waals surface area contributed by atoms with Gasteiger partial charge in [-0.3, -0.25) is 10.1 Å². The molecule has 1 unspecified atom stereocenters. The number of benzene rings is 1. The molecule has 0 spiro atoms. The van der Waals surface area contributed by atoms with E-state index in [0.29, 0.717) is 19.0 Å². The van der Waals surface area contributed by atoms with Crippen molar-refractivity contribution < 1.29 is 4.79 Å². The van der Waals surface area contributed by atoms with Gasteiger partial charge in [0.15, 0.2) is 0 Å². The molecule has 1 fully saturated rings. The van der Waals surface area contributed by atoms with Crippen LogP contribution in [0.5, 0.6) is 0 Å². The minimum absolute atomic E-state index is 0.0677. The van der Waals surface area contributed by atoms with E-state index in [0.717, 1.165) is 6.42 Å². The molecule has 1 aromatic carbocycles. The predicted molar refractivity (Wildman–Crippen MR) is 83.9 cm³/mol. The van der Waals surface area contributed by atoms with Crippen molar-refractivity contribution in [2.45, 2.75) is 12.3 Å². The Hall–Kier alpha value is -2.63. The molecule has 2 amide bonds. The summed E-state index contributed by atoms with van der Waals surface area (Å²) in [6.07, 6.45) is 3.98. The van der Waals surface area contributed by atoms with Crippen LogP contribution in [0.25, 0.3) is 0 Å². The number of aryl methyl sites for hydroxylation is 1. The van der Waals surface area contributed by atoms with Crippen molar-refractivity contribution in [3.05, 3.63) is 58.6 Å². The number of carbonyl (C=O) groups is 1. The highest BCUT2D eigenvalue weighted by molar-refractivity contribution is 5.88. The van der Waals surface area contributed by atoms with E-state index in [-0.39, 0.29) is 17.4 Å². The molecule has 3 rings (SSSR count). The third-order valence-corrected chi connectivity index (χ3v) is 3.99. The summed E-state index contributed by atoms with van der Waals surface area (Å²) < 4.78 is 1.39. The van der Waals surface area contributed by atoms with Gasteiger partial charge in [-0.15, -0.1) is 0 Å². The van der Waals surface area contributed by atoms with Gasteiger partial charge in [0.2, 0.25) is 5.82 Å². The summed E-state index contributed by atoms with van der Waals surface area (Å²) in [4.78, 5) is 29.8. The second kappa shape index (κ2) is 6.01. The Morgan fingerprint density at radius 2 is 2.09 bits per heavy atom. The topological polar surface area (TPSA) is 67.2 Å². The second-order valence-corrected chi connectivity index (χ2v) is 5.46. The lowest BCUT2D eigenvalue weighted by Crippen LogP contribution is -2.35. The molecule has 0 saturated carbocycles. The highest BCUT2D eigenvalue weighted by Gasteiger charge is 2.27. The Balaban J connectivity index is 1.67. The highest BCUT2D eigenvalue weighted by Crippen LogP contribution is 2.27. The van der Waals surface area contributed by atoms with Crippen LogP contribution in [0.15, 0.2) is 47.5 Å². The minimum Gasteiger partial charge on any atom is -0.324 e.